The number of carbonyl (C=O) groups excluding carboxylic acids is 1. The van der Waals surface area contributed by atoms with Gasteiger partial charge in [0, 0.05) is 32.6 Å². The Morgan fingerprint density at radius 2 is 2.00 bits per heavy atom. The minimum atomic E-state index is 0.195. The van der Waals surface area contributed by atoms with E-state index >= 15 is 0 Å². The summed E-state index contributed by atoms with van der Waals surface area (Å²) in [5.41, 5.74) is 1.10. The van der Waals surface area contributed by atoms with E-state index in [1.807, 2.05) is 24.1 Å². The van der Waals surface area contributed by atoms with Crippen LogP contribution >= 0.6 is 0 Å². The Morgan fingerprint density at radius 1 is 1.24 bits per heavy atom. The largest absolute Gasteiger partial charge is 0.504 e. The number of likely N-dealkylation sites (tertiary alicyclic amines) is 2. The fourth-order valence-electron chi connectivity index (χ4n) is 4.71. The van der Waals surface area contributed by atoms with Gasteiger partial charge in [0.05, 0.1) is 7.11 Å². The average molecular weight is 404 g/mol. The van der Waals surface area contributed by atoms with Crippen molar-refractivity contribution in [2.24, 2.45) is 5.92 Å². The third-order valence-electron chi connectivity index (χ3n) is 6.65. The lowest BCUT2D eigenvalue weighted by atomic mass is 9.92. The second kappa shape index (κ2) is 10.3. The van der Waals surface area contributed by atoms with Crippen LogP contribution in [0.4, 0.5) is 0 Å². The van der Waals surface area contributed by atoms with Crippen LogP contribution in [0.3, 0.4) is 0 Å². The second-order valence-electron chi connectivity index (χ2n) is 8.83. The van der Waals surface area contributed by atoms with Crippen LogP contribution < -0.4 is 4.74 Å². The van der Waals surface area contributed by atoms with Crippen molar-refractivity contribution in [3.63, 3.8) is 0 Å². The van der Waals surface area contributed by atoms with E-state index in [-0.39, 0.29) is 5.75 Å². The number of methoxy groups -OCH3 is 1. The predicted molar refractivity (Wildman–Crippen MR) is 115 cm³/mol. The van der Waals surface area contributed by atoms with Gasteiger partial charge in [0.15, 0.2) is 11.5 Å². The zero-order valence-corrected chi connectivity index (χ0v) is 18.3. The van der Waals surface area contributed by atoms with Crippen molar-refractivity contribution >= 4 is 5.91 Å². The molecule has 162 valence electrons. The van der Waals surface area contributed by atoms with Gasteiger partial charge in [0.1, 0.15) is 0 Å². The van der Waals surface area contributed by atoms with Crippen molar-refractivity contribution in [3.8, 4) is 11.5 Å². The normalized spacial score (nSPS) is 21.8. The van der Waals surface area contributed by atoms with Gasteiger partial charge >= 0.3 is 0 Å². The first-order valence-corrected chi connectivity index (χ1v) is 11.0. The van der Waals surface area contributed by atoms with Crippen LogP contribution in [0.2, 0.25) is 0 Å². The van der Waals surface area contributed by atoms with Crippen LogP contribution in [0, 0.1) is 5.92 Å². The summed E-state index contributed by atoms with van der Waals surface area (Å²) in [6, 6.07) is 6.04. The van der Waals surface area contributed by atoms with Crippen LogP contribution in [0.5, 0.6) is 11.5 Å². The minimum Gasteiger partial charge on any atom is -0.504 e. The third-order valence-corrected chi connectivity index (χ3v) is 6.65. The third kappa shape index (κ3) is 6.09. The molecule has 6 nitrogen and oxygen atoms in total. The van der Waals surface area contributed by atoms with Crippen molar-refractivity contribution in [3.05, 3.63) is 23.8 Å². The zero-order chi connectivity index (χ0) is 20.8. The number of nitrogens with zero attached hydrogens (tertiary/aromatic N) is 3. The molecule has 2 aliphatic heterocycles. The average Bonchev–Trinajstić information content (AvgIpc) is 2.72. The molecule has 1 aromatic rings. The molecule has 1 aromatic carbocycles. The maximum absolute atomic E-state index is 12.7. The van der Waals surface area contributed by atoms with Gasteiger partial charge in [-0.1, -0.05) is 6.07 Å². The number of aromatic hydroxyl groups is 1. The number of ether oxygens (including phenoxy) is 1. The van der Waals surface area contributed by atoms with Gasteiger partial charge < -0.3 is 19.6 Å². The Hall–Kier alpha value is -1.79. The smallest absolute Gasteiger partial charge is 0.222 e. The van der Waals surface area contributed by atoms with Crippen LogP contribution in [-0.4, -0.2) is 79.1 Å². The van der Waals surface area contributed by atoms with Gasteiger partial charge in [-0.3, -0.25) is 9.69 Å². The summed E-state index contributed by atoms with van der Waals surface area (Å²) in [4.78, 5) is 19.5. The summed E-state index contributed by atoms with van der Waals surface area (Å²) < 4.78 is 5.13. The molecule has 2 saturated heterocycles. The molecule has 0 saturated carbocycles. The van der Waals surface area contributed by atoms with E-state index in [0.29, 0.717) is 30.0 Å². The summed E-state index contributed by atoms with van der Waals surface area (Å²) in [6.07, 6.45) is 6.18. The fraction of sp³-hybridized carbons (Fsp3) is 0.696. The molecular formula is C23H37N3O3. The monoisotopic (exact) mass is 403 g/mol. The number of amides is 1. The topological polar surface area (TPSA) is 56.2 Å². The lowest BCUT2D eigenvalue weighted by molar-refractivity contribution is -0.133. The summed E-state index contributed by atoms with van der Waals surface area (Å²) >= 11 is 0. The molecule has 0 bridgehead atoms. The Labute approximate surface area is 175 Å². The lowest BCUT2D eigenvalue weighted by Gasteiger charge is -2.36. The number of rotatable bonds is 7. The van der Waals surface area contributed by atoms with E-state index in [2.05, 4.69) is 16.8 Å². The quantitative estimate of drug-likeness (QED) is 0.759. The summed E-state index contributed by atoms with van der Waals surface area (Å²) in [5, 5.41) is 10.0. The fourth-order valence-corrected chi connectivity index (χ4v) is 4.71. The molecule has 0 aromatic heterocycles. The Kier molecular flexibility index (Phi) is 7.78. The molecule has 2 aliphatic rings. The molecule has 0 unspecified atom stereocenters. The van der Waals surface area contributed by atoms with Gasteiger partial charge in [-0.15, -0.1) is 0 Å². The number of carbonyl (C=O) groups is 1. The molecule has 6 heteroatoms. The minimum absolute atomic E-state index is 0.195. The lowest BCUT2D eigenvalue weighted by Crippen LogP contribution is -2.44. The van der Waals surface area contributed by atoms with Crippen molar-refractivity contribution < 1.29 is 14.6 Å². The first-order valence-electron chi connectivity index (χ1n) is 11.0. The molecule has 0 radical (unpaired) electrons. The van der Waals surface area contributed by atoms with Crippen molar-refractivity contribution in [1.29, 1.82) is 0 Å². The van der Waals surface area contributed by atoms with Crippen LogP contribution in [-0.2, 0) is 11.3 Å². The maximum atomic E-state index is 12.7. The van der Waals surface area contributed by atoms with Crippen LogP contribution in [0.1, 0.15) is 44.1 Å². The molecule has 0 aliphatic carbocycles. The van der Waals surface area contributed by atoms with E-state index < -0.39 is 0 Å². The van der Waals surface area contributed by atoms with Crippen molar-refractivity contribution in [2.75, 3.05) is 47.4 Å². The summed E-state index contributed by atoms with van der Waals surface area (Å²) in [7, 11) is 5.71. The Morgan fingerprint density at radius 3 is 2.69 bits per heavy atom. The number of phenolic OH excluding ortho intramolecular Hbond substituents is 1. The molecule has 1 N–H and O–H groups in total. The number of phenols is 1. The van der Waals surface area contributed by atoms with Crippen molar-refractivity contribution in [2.45, 2.75) is 51.1 Å². The molecule has 2 heterocycles. The van der Waals surface area contributed by atoms with E-state index in [0.717, 1.165) is 57.5 Å². The second-order valence-corrected chi connectivity index (χ2v) is 8.83. The summed E-state index contributed by atoms with van der Waals surface area (Å²) in [5.74, 6) is 1.58. The molecule has 2 fully saturated rings. The van der Waals surface area contributed by atoms with Gasteiger partial charge in [-0.2, -0.15) is 0 Å². The van der Waals surface area contributed by atoms with E-state index in [9.17, 15) is 9.90 Å². The SMILES string of the molecule is COc1ccc(CN2CCC[C@@H](CCC(=O)N(C)C3CCN(C)CC3)C2)cc1O. The van der Waals surface area contributed by atoms with Gasteiger partial charge in [0.25, 0.3) is 0 Å². The first kappa shape index (κ1) is 21.9. The Balaban J connectivity index is 1.44. The van der Waals surface area contributed by atoms with Gasteiger partial charge in [0.2, 0.25) is 5.91 Å². The molecular weight excluding hydrogens is 366 g/mol. The highest BCUT2D eigenvalue weighted by molar-refractivity contribution is 5.76. The van der Waals surface area contributed by atoms with Crippen LogP contribution in [0.15, 0.2) is 18.2 Å². The molecule has 0 spiro atoms. The number of piperidine rings is 2. The van der Waals surface area contributed by atoms with Gasteiger partial charge in [-0.25, -0.2) is 0 Å². The van der Waals surface area contributed by atoms with Crippen LogP contribution in [0.25, 0.3) is 0 Å². The maximum Gasteiger partial charge on any atom is 0.222 e. The highest BCUT2D eigenvalue weighted by atomic mass is 16.5. The summed E-state index contributed by atoms with van der Waals surface area (Å²) in [6.45, 7) is 5.10. The van der Waals surface area contributed by atoms with Gasteiger partial charge in [-0.05, 0) is 82.4 Å². The predicted octanol–water partition coefficient (Wildman–Crippen LogP) is 2.95. The standard InChI is InChI=1S/C23H37N3O3/c1-24-13-10-20(11-14-24)25(2)23(28)9-7-18-5-4-12-26(16-18)17-19-6-8-22(29-3)21(27)15-19/h6,8,15,18,20,27H,4-5,7,9-14,16-17H2,1-3H3/t18-/m0/s1. The molecule has 1 amide bonds. The van der Waals surface area contributed by atoms with Crippen molar-refractivity contribution in [1.82, 2.24) is 14.7 Å². The molecule has 29 heavy (non-hydrogen) atoms. The number of benzene rings is 1. The Bertz CT molecular complexity index is 673. The molecule has 3 rings (SSSR count). The zero-order valence-electron chi connectivity index (χ0n) is 18.3. The van der Waals surface area contributed by atoms with E-state index in [1.165, 1.54) is 12.8 Å². The number of hydrogen-bond donors (Lipinski definition) is 1. The van der Waals surface area contributed by atoms with E-state index in [4.69, 9.17) is 4.74 Å². The molecule has 1 atom stereocenters. The highest BCUT2D eigenvalue weighted by Crippen LogP contribution is 2.28. The van der Waals surface area contributed by atoms with E-state index in [1.54, 1.807) is 13.2 Å². The number of hydrogen-bond acceptors (Lipinski definition) is 5. The highest BCUT2D eigenvalue weighted by Gasteiger charge is 2.26. The first-order chi connectivity index (χ1) is 14.0.